The highest BCUT2D eigenvalue weighted by atomic mass is 19.1. The van der Waals surface area contributed by atoms with Crippen LogP contribution in [-0.4, -0.2) is 28.9 Å². The summed E-state index contributed by atoms with van der Waals surface area (Å²) in [4.78, 5) is 17.5. The Morgan fingerprint density at radius 3 is 2.77 bits per heavy atom. The molecule has 1 aliphatic heterocycles. The fourth-order valence-corrected chi connectivity index (χ4v) is 3.56. The van der Waals surface area contributed by atoms with Crippen LogP contribution in [0.4, 0.5) is 4.39 Å². The van der Waals surface area contributed by atoms with Crippen LogP contribution in [0.3, 0.4) is 0 Å². The Labute approximate surface area is 152 Å². The molecule has 1 aliphatic rings. The van der Waals surface area contributed by atoms with Crippen LogP contribution in [0.5, 0.6) is 0 Å². The first-order valence-electron chi connectivity index (χ1n) is 8.98. The summed E-state index contributed by atoms with van der Waals surface area (Å²) < 4.78 is 13.3. The van der Waals surface area contributed by atoms with Gasteiger partial charge in [-0.3, -0.25) is 4.79 Å². The Morgan fingerprint density at radius 1 is 1.15 bits per heavy atom. The van der Waals surface area contributed by atoms with Gasteiger partial charge in [-0.2, -0.15) is 0 Å². The summed E-state index contributed by atoms with van der Waals surface area (Å²) in [6.07, 6.45) is 6.19. The van der Waals surface area contributed by atoms with Crippen molar-refractivity contribution in [2.75, 3.05) is 13.1 Å². The van der Waals surface area contributed by atoms with Crippen LogP contribution in [0.1, 0.15) is 24.0 Å². The molecule has 3 aromatic rings. The zero-order chi connectivity index (χ0) is 17.9. The average molecular weight is 348 g/mol. The normalized spacial score (nSPS) is 14.5. The second-order valence-electron chi connectivity index (χ2n) is 6.70. The number of nitrogens with one attached hydrogen (secondary N) is 1. The smallest absolute Gasteiger partial charge is 0.223 e. The lowest BCUT2D eigenvalue weighted by Gasteiger charge is -2.26. The maximum atomic E-state index is 13.3. The first-order chi connectivity index (χ1) is 12.7. The summed E-state index contributed by atoms with van der Waals surface area (Å²) in [6, 6.07) is 14.9. The molecular weight excluding hydrogens is 327 g/mol. The number of rotatable bonds is 4. The zero-order valence-electron chi connectivity index (χ0n) is 14.5. The molecule has 0 bridgehead atoms. The molecule has 0 unspecified atom stereocenters. The lowest BCUT2D eigenvalue weighted by Crippen LogP contribution is -2.34. The molecule has 2 heterocycles. The van der Waals surface area contributed by atoms with Gasteiger partial charge in [0.05, 0.1) is 0 Å². The lowest BCUT2D eigenvalue weighted by molar-refractivity contribution is -0.130. The molecule has 4 heteroatoms. The van der Waals surface area contributed by atoms with Crippen molar-refractivity contribution in [2.45, 2.75) is 19.3 Å². The van der Waals surface area contributed by atoms with Gasteiger partial charge in [0, 0.05) is 42.2 Å². The number of aromatic nitrogens is 1. The molecule has 0 saturated carbocycles. The van der Waals surface area contributed by atoms with Gasteiger partial charge >= 0.3 is 0 Å². The molecule has 1 N–H and O–H groups in total. The molecule has 0 radical (unpaired) electrons. The third-order valence-corrected chi connectivity index (χ3v) is 5.02. The second kappa shape index (κ2) is 7.16. The third kappa shape index (κ3) is 3.40. The van der Waals surface area contributed by atoms with Gasteiger partial charge in [0.15, 0.2) is 0 Å². The summed E-state index contributed by atoms with van der Waals surface area (Å²) in [5.74, 6) is -0.0381. The summed E-state index contributed by atoms with van der Waals surface area (Å²) >= 11 is 0. The van der Waals surface area contributed by atoms with Gasteiger partial charge in [-0.15, -0.1) is 0 Å². The van der Waals surface area contributed by atoms with Crippen molar-refractivity contribution in [3.05, 3.63) is 77.7 Å². The summed E-state index contributed by atoms with van der Waals surface area (Å²) in [6.45, 7) is 1.37. The topological polar surface area (TPSA) is 36.1 Å². The van der Waals surface area contributed by atoms with E-state index in [0.717, 1.165) is 35.9 Å². The molecule has 3 nitrogen and oxygen atoms in total. The highest BCUT2D eigenvalue weighted by Gasteiger charge is 2.19. The monoisotopic (exact) mass is 348 g/mol. The number of halogens is 1. The van der Waals surface area contributed by atoms with Crippen LogP contribution in [0.25, 0.3) is 16.5 Å². The predicted molar refractivity (Wildman–Crippen MR) is 102 cm³/mol. The fourth-order valence-electron chi connectivity index (χ4n) is 3.56. The highest BCUT2D eigenvalue weighted by molar-refractivity contribution is 5.93. The first kappa shape index (κ1) is 16.6. The number of nitrogens with zero attached hydrogens (tertiary/aromatic N) is 1. The SMILES string of the molecule is O=C(CCc1ccccc1)N1CC=C(c2c[nH]c3cc(F)ccc23)CC1. The van der Waals surface area contributed by atoms with E-state index in [-0.39, 0.29) is 11.7 Å². The van der Waals surface area contributed by atoms with Crippen molar-refractivity contribution >= 4 is 22.4 Å². The molecule has 1 amide bonds. The van der Waals surface area contributed by atoms with Gasteiger partial charge in [-0.1, -0.05) is 36.4 Å². The van der Waals surface area contributed by atoms with Crippen LogP contribution in [-0.2, 0) is 11.2 Å². The number of hydrogen-bond donors (Lipinski definition) is 1. The van der Waals surface area contributed by atoms with E-state index in [2.05, 4.69) is 23.2 Å². The Morgan fingerprint density at radius 2 is 2.00 bits per heavy atom. The number of H-pyrrole nitrogens is 1. The number of aromatic amines is 1. The van der Waals surface area contributed by atoms with E-state index in [1.165, 1.54) is 23.3 Å². The molecule has 0 fully saturated rings. The van der Waals surface area contributed by atoms with Gasteiger partial charge in [0.25, 0.3) is 0 Å². The minimum atomic E-state index is -0.237. The van der Waals surface area contributed by atoms with Crippen molar-refractivity contribution in [1.82, 2.24) is 9.88 Å². The summed E-state index contributed by atoms with van der Waals surface area (Å²) in [5.41, 5.74) is 4.33. The number of carbonyl (C=O) groups is 1. The van der Waals surface area contributed by atoms with Crippen molar-refractivity contribution in [2.24, 2.45) is 0 Å². The van der Waals surface area contributed by atoms with Crippen molar-refractivity contribution < 1.29 is 9.18 Å². The maximum Gasteiger partial charge on any atom is 0.223 e. The highest BCUT2D eigenvalue weighted by Crippen LogP contribution is 2.29. The molecule has 0 atom stereocenters. The number of fused-ring (bicyclic) bond motifs is 1. The van der Waals surface area contributed by atoms with Crippen LogP contribution >= 0.6 is 0 Å². The minimum Gasteiger partial charge on any atom is -0.360 e. The summed E-state index contributed by atoms with van der Waals surface area (Å²) in [5, 5.41) is 1.03. The fraction of sp³-hybridized carbons (Fsp3) is 0.227. The number of aryl methyl sites for hydroxylation is 1. The third-order valence-electron chi connectivity index (χ3n) is 5.02. The average Bonchev–Trinajstić information content (AvgIpc) is 3.10. The van der Waals surface area contributed by atoms with Crippen molar-refractivity contribution in [3.63, 3.8) is 0 Å². The van der Waals surface area contributed by atoms with Crippen LogP contribution in [0.15, 0.2) is 60.8 Å². The Kier molecular flexibility index (Phi) is 4.57. The van der Waals surface area contributed by atoms with Gasteiger partial charge < -0.3 is 9.88 Å². The van der Waals surface area contributed by atoms with Crippen molar-refractivity contribution in [1.29, 1.82) is 0 Å². The lowest BCUT2D eigenvalue weighted by atomic mass is 9.98. The molecule has 0 spiro atoms. The van der Waals surface area contributed by atoms with E-state index < -0.39 is 0 Å². The zero-order valence-corrected chi connectivity index (χ0v) is 14.5. The molecule has 0 saturated heterocycles. The standard InChI is InChI=1S/C22H21FN2O/c23-18-7-8-19-20(15-24-21(19)14-18)17-10-12-25(13-11-17)22(26)9-6-16-4-2-1-3-5-16/h1-5,7-8,10,14-15,24H,6,9,11-13H2. The number of hydrogen-bond acceptors (Lipinski definition) is 1. The molecule has 4 rings (SSSR count). The van der Waals surface area contributed by atoms with Crippen LogP contribution in [0.2, 0.25) is 0 Å². The molecular formula is C22H21FN2O. The van der Waals surface area contributed by atoms with Gasteiger partial charge in [0.1, 0.15) is 5.82 Å². The molecule has 26 heavy (non-hydrogen) atoms. The second-order valence-corrected chi connectivity index (χ2v) is 6.70. The quantitative estimate of drug-likeness (QED) is 0.737. The Hall–Kier alpha value is -2.88. The van der Waals surface area contributed by atoms with E-state index in [9.17, 15) is 9.18 Å². The molecule has 2 aromatic carbocycles. The Bertz CT molecular complexity index is 959. The van der Waals surface area contributed by atoms with E-state index in [0.29, 0.717) is 13.0 Å². The maximum absolute atomic E-state index is 13.3. The molecule has 1 aromatic heterocycles. The predicted octanol–water partition coefficient (Wildman–Crippen LogP) is 4.56. The van der Waals surface area contributed by atoms with E-state index in [1.54, 1.807) is 0 Å². The van der Waals surface area contributed by atoms with Gasteiger partial charge in [-0.05, 0) is 42.2 Å². The van der Waals surface area contributed by atoms with E-state index in [1.807, 2.05) is 35.4 Å². The number of benzene rings is 2. The minimum absolute atomic E-state index is 0.199. The van der Waals surface area contributed by atoms with Crippen LogP contribution in [0, 0.1) is 5.82 Å². The van der Waals surface area contributed by atoms with Gasteiger partial charge in [0.2, 0.25) is 5.91 Å². The van der Waals surface area contributed by atoms with Crippen LogP contribution < -0.4 is 0 Å². The van der Waals surface area contributed by atoms with E-state index >= 15 is 0 Å². The number of carbonyl (C=O) groups excluding carboxylic acids is 1. The largest absolute Gasteiger partial charge is 0.360 e. The first-order valence-corrected chi connectivity index (χ1v) is 8.98. The Balaban J connectivity index is 1.42. The van der Waals surface area contributed by atoms with Gasteiger partial charge in [-0.25, -0.2) is 4.39 Å². The summed E-state index contributed by atoms with van der Waals surface area (Å²) in [7, 11) is 0. The van der Waals surface area contributed by atoms with Crippen molar-refractivity contribution in [3.8, 4) is 0 Å². The molecule has 132 valence electrons. The van der Waals surface area contributed by atoms with E-state index in [4.69, 9.17) is 0 Å². The molecule has 0 aliphatic carbocycles. The number of amides is 1.